The van der Waals surface area contributed by atoms with E-state index < -0.39 is 5.97 Å². The number of hydrogen-bond acceptors (Lipinski definition) is 2. The van der Waals surface area contributed by atoms with Crippen molar-refractivity contribution in [1.29, 1.82) is 0 Å². The second-order valence-electron chi connectivity index (χ2n) is 3.85. The monoisotopic (exact) mass is 227 g/mol. The Hall–Kier alpha value is -2.16. The van der Waals surface area contributed by atoms with Crippen LogP contribution < -0.4 is 9.67 Å². The van der Waals surface area contributed by atoms with Gasteiger partial charge in [-0.05, 0) is 11.6 Å². The van der Waals surface area contributed by atoms with E-state index in [9.17, 15) is 9.90 Å². The summed E-state index contributed by atoms with van der Waals surface area (Å²) in [6.45, 7) is 0.755. The minimum absolute atomic E-state index is 0.209. The van der Waals surface area contributed by atoms with Crippen molar-refractivity contribution in [2.45, 2.75) is 13.0 Å². The summed E-state index contributed by atoms with van der Waals surface area (Å²) in [5.74, 6) is -1.14. The van der Waals surface area contributed by atoms with E-state index in [2.05, 4.69) is 12.1 Å². The average Bonchev–Trinajstić information content (AvgIpc) is 2.38. The molecule has 2 rings (SSSR count). The molecule has 0 spiro atoms. The molecule has 0 atom stereocenters. The van der Waals surface area contributed by atoms with Gasteiger partial charge in [-0.2, -0.15) is 0 Å². The number of hydrogen-bond donors (Lipinski definition) is 0. The largest absolute Gasteiger partial charge is 0.545 e. The zero-order chi connectivity index (χ0) is 12.1. The van der Waals surface area contributed by atoms with Gasteiger partial charge in [0.1, 0.15) is 0 Å². The van der Waals surface area contributed by atoms with E-state index in [1.807, 2.05) is 29.0 Å². The van der Waals surface area contributed by atoms with E-state index in [1.54, 1.807) is 12.3 Å². The fraction of sp³-hybridized carbons (Fsp3) is 0.143. The zero-order valence-corrected chi connectivity index (χ0v) is 9.37. The smallest absolute Gasteiger partial charge is 0.177 e. The van der Waals surface area contributed by atoms with E-state index in [1.165, 1.54) is 11.6 Å². The Morgan fingerprint density at radius 1 is 1.12 bits per heavy atom. The minimum atomic E-state index is -1.14. The molecule has 3 nitrogen and oxygen atoms in total. The third-order valence-electron chi connectivity index (χ3n) is 2.60. The molecule has 0 aliphatic heterocycles. The number of aromatic carboxylic acids is 1. The van der Waals surface area contributed by atoms with Gasteiger partial charge in [-0.15, -0.1) is 0 Å². The number of carboxylic acids is 1. The first-order valence-corrected chi connectivity index (χ1v) is 5.50. The quantitative estimate of drug-likeness (QED) is 0.717. The lowest BCUT2D eigenvalue weighted by molar-refractivity contribution is -0.696. The van der Waals surface area contributed by atoms with Crippen molar-refractivity contribution in [3.8, 4) is 0 Å². The molecular weight excluding hydrogens is 214 g/mol. The summed E-state index contributed by atoms with van der Waals surface area (Å²) in [5, 5.41) is 10.7. The Labute approximate surface area is 100.0 Å². The van der Waals surface area contributed by atoms with Crippen molar-refractivity contribution < 1.29 is 14.5 Å². The summed E-state index contributed by atoms with van der Waals surface area (Å²) < 4.78 is 1.86. The third-order valence-corrected chi connectivity index (χ3v) is 2.60. The number of carbonyl (C=O) groups excluding carboxylic acids is 1. The predicted molar refractivity (Wildman–Crippen MR) is 61.1 cm³/mol. The first-order chi connectivity index (χ1) is 8.25. The number of aryl methyl sites for hydroxylation is 2. The van der Waals surface area contributed by atoms with Gasteiger partial charge in [0.2, 0.25) is 0 Å². The molecule has 1 heterocycles. The van der Waals surface area contributed by atoms with Crippen molar-refractivity contribution in [1.82, 2.24) is 0 Å². The maximum absolute atomic E-state index is 10.7. The standard InChI is InChI=1S/C14H13NO2/c16-14(17)13-7-4-9-15(11-13)10-8-12-5-2-1-3-6-12/h1-7,9,11H,8,10H2. The van der Waals surface area contributed by atoms with Gasteiger partial charge >= 0.3 is 0 Å². The van der Waals surface area contributed by atoms with Gasteiger partial charge in [0, 0.05) is 12.5 Å². The lowest BCUT2D eigenvalue weighted by Gasteiger charge is -2.02. The van der Waals surface area contributed by atoms with Gasteiger partial charge in [-0.1, -0.05) is 30.3 Å². The summed E-state index contributed by atoms with van der Waals surface area (Å²) in [5.41, 5.74) is 1.44. The molecule has 0 radical (unpaired) electrons. The van der Waals surface area contributed by atoms with Crippen LogP contribution in [-0.4, -0.2) is 5.97 Å². The van der Waals surface area contributed by atoms with Crippen molar-refractivity contribution in [3.63, 3.8) is 0 Å². The van der Waals surface area contributed by atoms with Crippen LogP contribution in [0.15, 0.2) is 54.9 Å². The molecule has 86 valence electrons. The molecule has 1 aromatic carbocycles. The highest BCUT2D eigenvalue weighted by atomic mass is 16.4. The van der Waals surface area contributed by atoms with Crippen LogP contribution in [0.25, 0.3) is 0 Å². The zero-order valence-electron chi connectivity index (χ0n) is 9.37. The molecule has 17 heavy (non-hydrogen) atoms. The molecule has 0 unspecified atom stereocenters. The van der Waals surface area contributed by atoms with Crippen molar-refractivity contribution in [2.75, 3.05) is 0 Å². The van der Waals surface area contributed by atoms with Gasteiger partial charge in [0.25, 0.3) is 0 Å². The SMILES string of the molecule is O=C([O-])c1ccc[n+](CCc2ccccc2)c1. The molecule has 0 N–H and O–H groups in total. The molecule has 0 amide bonds. The highest BCUT2D eigenvalue weighted by Gasteiger charge is 2.03. The molecule has 0 aliphatic carbocycles. The van der Waals surface area contributed by atoms with Crippen molar-refractivity contribution in [3.05, 3.63) is 66.0 Å². The Kier molecular flexibility index (Phi) is 3.50. The van der Waals surface area contributed by atoms with Gasteiger partial charge in [0.05, 0.1) is 11.5 Å². The summed E-state index contributed by atoms with van der Waals surface area (Å²) in [6.07, 6.45) is 4.33. The van der Waals surface area contributed by atoms with Crippen LogP contribution in [0.1, 0.15) is 15.9 Å². The molecule has 3 heteroatoms. The van der Waals surface area contributed by atoms with E-state index >= 15 is 0 Å². The van der Waals surface area contributed by atoms with Crippen LogP contribution in [0, 0.1) is 0 Å². The fourth-order valence-corrected chi connectivity index (χ4v) is 1.68. The Morgan fingerprint density at radius 3 is 2.59 bits per heavy atom. The van der Waals surface area contributed by atoms with E-state index in [0.717, 1.165) is 13.0 Å². The van der Waals surface area contributed by atoms with Gasteiger partial charge in [0.15, 0.2) is 18.9 Å². The summed E-state index contributed by atoms with van der Waals surface area (Å²) in [6, 6.07) is 13.3. The van der Waals surface area contributed by atoms with Gasteiger partial charge in [-0.25, -0.2) is 4.57 Å². The number of carbonyl (C=O) groups is 1. The van der Waals surface area contributed by atoms with Crippen LogP contribution in [0.4, 0.5) is 0 Å². The highest BCUT2D eigenvalue weighted by molar-refractivity contribution is 5.84. The van der Waals surface area contributed by atoms with Crippen LogP contribution in [0.3, 0.4) is 0 Å². The number of aromatic nitrogens is 1. The number of nitrogens with zero attached hydrogens (tertiary/aromatic N) is 1. The molecule has 0 saturated carbocycles. The summed E-state index contributed by atoms with van der Waals surface area (Å²) in [7, 11) is 0. The topological polar surface area (TPSA) is 44.0 Å². The van der Waals surface area contributed by atoms with Crippen LogP contribution in [0.5, 0.6) is 0 Å². The fourth-order valence-electron chi connectivity index (χ4n) is 1.68. The maximum Gasteiger partial charge on any atom is 0.177 e. The van der Waals surface area contributed by atoms with E-state index in [4.69, 9.17) is 0 Å². The third kappa shape index (κ3) is 3.14. The predicted octanol–water partition coefficient (Wildman–Crippen LogP) is 0.580. The average molecular weight is 227 g/mol. The van der Waals surface area contributed by atoms with Crippen LogP contribution in [0.2, 0.25) is 0 Å². The van der Waals surface area contributed by atoms with Gasteiger partial charge in [-0.3, -0.25) is 0 Å². The molecule has 0 aliphatic rings. The molecule has 1 aromatic heterocycles. The first kappa shape index (κ1) is 11.3. The molecule has 0 bridgehead atoms. The van der Waals surface area contributed by atoms with E-state index in [-0.39, 0.29) is 5.56 Å². The second-order valence-corrected chi connectivity index (χ2v) is 3.85. The maximum atomic E-state index is 10.7. The first-order valence-electron chi connectivity index (χ1n) is 5.50. The summed E-state index contributed by atoms with van der Waals surface area (Å²) >= 11 is 0. The number of rotatable bonds is 4. The molecular formula is C14H13NO2. The van der Waals surface area contributed by atoms with Crippen LogP contribution >= 0.6 is 0 Å². The Balaban J connectivity index is 2.04. The van der Waals surface area contributed by atoms with Gasteiger partial charge < -0.3 is 9.90 Å². The Bertz CT molecular complexity index is 509. The normalized spacial score (nSPS) is 10.1. The van der Waals surface area contributed by atoms with E-state index in [0.29, 0.717) is 0 Å². The number of pyridine rings is 1. The minimum Gasteiger partial charge on any atom is -0.545 e. The molecule has 0 saturated heterocycles. The highest BCUT2D eigenvalue weighted by Crippen LogP contribution is 1.99. The molecule has 0 fully saturated rings. The lowest BCUT2D eigenvalue weighted by Crippen LogP contribution is -2.36. The summed E-state index contributed by atoms with van der Waals surface area (Å²) in [4.78, 5) is 10.7. The van der Waals surface area contributed by atoms with Crippen LogP contribution in [-0.2, 0) is 13.0 Å². The number of carboxylic acid groups (broad SMARTS) is 1. The number of benzene rings is 1. The second kappa shape index (κ2) is 5.25. The van der Waals surface area contributed by atoms with Crippen molar-refractivity contribution >= 4 is 5.97 Å². The Morgan fingerprint density at radius 2 is 1.88 bits per heavy atom. The lowest BCUT2D eigenvalue weighted by atomic mass is 10.1. The van der Waals surface area contributed by atoms with Crippen molar-refractivity contribution in [2.24, 2.45) is 0 Å². The molecule has 2 aromatic rings.